The molecule has 2 heterocycles. The topological polar surface area (TPSA) is 62.7 Å². The van der Waals surface area contributed by atoms with Gasteiger partial charge < -0.3 is 9.64 Å². The summed E-state index contributed by atoms with van der Waals surface area (Å²) in [7, 11) is -1.95. The Labute approximate surface area is 159 Å². The van der Waals surface area contributed by atoms with E-state index in [2.05, 4.69) is 9.88 Å². The Bertz CT molecular complexity index is 1060. The third-order valence-corrected chi connectivity index (χ3v) is 6.81. The molecule has 3 aromatic rings. The van der Waals surface area contributed by atoms with E-state index in [1.165, 1.54) is 0 Å². The van der Waals surface area contributed by atoms with Gasteiger partial charge in [0.25, 0.3) is 0 Å². The van der Waals surface area contributed by atoms with Crippen molar-refractivity contribution in [2.45, 2.75) is 4.90 Å². The van der Waals surface area contributed by atoms with E-state index in [4.69, 9.17) is 4.74 Å². The molecule has 0 amide bonds. The quantitative estimate of drug-likeness (QED) is 0.693. The number of rotatable bonds is 4. The molecule has 0 spiro atoms. The van der Waals surface area contributed by atoms with Crippen LogP contribution in [0.4, 0.5) is 5.69 Å². The second-order valence-corrected chi connectivity index (χ2v) is 8.30. The highest BCUT2D eigenvalue weighted by Gasteiger charge is 2.30. The fourth-order valence-corrected chi connectivity index (χ4v) is 5.07. The molecule has 0 N–H and O–H groups in total. The van der Waals surface area contributed by atoms with Gasteiger partial charge in [0.15, 0.2) is 0 Å². The summed E-state index contributed by atoms with van der Waals surface area (Å²) in [4.78, 5) is 6.72. The van der Waals surface area contributed by atoms with Crippen molar-refractivity contribution in [2.75, 3.05) is 38.2 Å². The van der Waals surface area contributed by atoms with Gasteiger partial charge in [-0.25, -0.2) is 8.42 Å². The van der Waals surface area contributed by atoms with Crippen LogP contribution in [0, 0.1) is 0 Å². The predicted molar refractivity (Wildman–Crippen MR) is 106 cm³/mol. The second kappa shape index (κ2) is 7.17. The number of pyridine rings is 1. The average Bonchev–Trinajstić information content (AvgIpc) is 2.73. The first-order valence-corrected chi connectivity index (χ1v) is 10.3. The number of sulfonamides is 1. The Balaban J connectivity index is 1.58. The molecule has 1 fully saturated rings. The summed E-state index contributed by atoms with van der Waals surface area (Å²) >= 11 is 0. The van der Waals surface area contributed by atoms with Gasteiger partial charge in [-0.1, -0.05) is 30.3 Å². The van der Waals surface area contributed by atoms with Gasteiger partial charge in [0, 0.05) is 37.8 Å². The molecule has 0 unspecified atom stereocenters. The summed E-state index contributed by atoms with van der Waals surface area (Å²) in [5.41, 5.74) is 1.51. The summed E-state index contributed by atoms with van der Waals surface area (Å²) in [5.74, 6) is 0.798. The number of fused-ring (bicyclic) bond motifs is 1. The molecule has 0 saturated carbocycles. The number of anilines is 1. The van der Waals surface area contributed by atoms with Crippen molar-refractivity contribution in [3.8, 4) is 5.75 Å². The largest absolute Gasteiger partial charge is 0.495 e. The predicted octanol–water partition coefficient (Wildman–Crippen LogP) is 2.75. The van der Waals surface area contributed by atoms with E-state index in [1.54, 1.807) is 29.7 Å². The number of aromatic nitrogens is 1. The smallest absolute Gasteiger partial charge is 0.245 e. The van der Waals surface area contributed by atoms with Crippen LogP contribution < -0.4 is 9.64 Å². The molecule has 2 aromatic carbocycles. The number of hydrogen-bond donors (Lipinski definition) is 0. The SMILES string of the molecule is COc1ccccc1N1CCN(S(=O)(=O)c2cccc3cccnc23)CC1. The third kappa shape index (κ3) is 3.24. The first kappa shape index (κ1) is 17.8. The second-order valence-electron chi connectivity index (χ2n) is 6.39. The minimum absolute atomic E-state index is 0.270. The van der Waals surface area contributed by atoms with E-state index >= 15 is 0 Å². The first-order valence-electron chi connectivity index (χ1n) is 8.83. The number of ether oxygens (including phenoxy) is 1. The molecule has 7 heteroatoms. The lowest BCUT2D eigenvalue weighted by Gasteiger charge is -2.36. The van der Waals surface area contributed by atoms with Crippen LogP contribution in [-0.2, 0) is 10.0 Å². The van der Waals surface area contributed by atoms with Crippen molar-refractivity contribution in [1.82, 2.24) is 9.29 Å². The number of para-hydroxylation sites is 3. The highest BCUT2D eigenvalue weighted by atomic mass is 32.2. The van der Waals surface area contributed by atoms with Crippen LogP contribution in [0.2, 0.25) is 0 Å². The molecule has 0 atom stereocenters. The number of methoxy groups -OCH3 is 1. The number of piperazine rings is 1. The van der Waals surface area contributed by atoms with Crippen LogP contribution in [0.5, 0.6) is 5.75 Å². The monoisotopic (exact) mass is 383 g/mol. The standard InChI is InChI=1S/C20H21N3O3S/c1-26-18-9-3-2-8-17(18)22-12-14-23(15-13-22)27(24,25)19-10-4-6-16-7-5-11-21-20(16)19/h2-11H,12-15H2,1H3. The molecule has 27 heavy (non-hydrogen) atoms. The Morgan fingerprint density at radius 3 is 2.44 bits per heavy atom. The minimum Gasteiger partial charge on any atom is -0.495 e. The molecule has 140 valence electrons. The van der Waals surface area contributed by atoms with E-state index in [0.717, 1.165) is 16.8 Å². The lowest BCUT2D eigenvalue weighted by atomic mass is 10.2. The first-order chi connectivity index (χ1) is 13.1. The molecular weight excluding hydrogens is 362 g/mol. The summed E-state index contributed by atoms with van der Waals surface area (Å²) in [6, 6.07) is 16.8. The van der Waals surface area contributed by atoms with Gasteiger partial charge in [-0.3, -0.25) is 4.98 Å². The highest BCUT2D eigenvalue weighted by Crippen LogP contribution is 2.30. The van der Waals surface area contributed by atoms with Crippen molar-refractivity contribution in [2.24, 2.45) is 0 Å². The number of nitrogens with zero attached hydrogens (tertiary/aromatic N) is 3. The van der Waals surface area contributed by atoms with E-state index in [1.807, 2.05) is 42.5 Å². The van der Waals surface area contributed by atoms with Crippen LogP contribution in [0.25, 0.3) is 10.9 Å². The van der Waals surface area contributed by atoms with Crippen molar-refractivity contribution in [1.29, 1.82) is 0 Å². The van der Waals surface area contributed by atoms with Crippen LogP contribution >= 0.6 is 0 Å². The average molecular weight is 383 g/mol. The van der Waals surface area contributed by atoms with E-state index < -0.39 is 10.0 Å². The van der Waals surface area contributed by atoms with Crippen molar-refractivity contribution >= 4 is 26.6 Å². The van der Waals surface area contributed by atoms with Crippen molar-refractivity contribution < 1.29 is 13.2 Å². The lowest BCUT2D eigenvalue weighted by Crippen LogP contribution is -2.48. The van der Waals surface area contributed by atoms with Crippen molar-refractivity contribution in [3.05, 3.63) is 60.8 Å². The van der Waals surface area contributed by atoms with Gasteiger partial charge in [0.1, 0.15) is 10.6 Å². The minimum atomic E-state index is -3.60. The fraction of sp³-hybridized carbons (Fsp3) is 0.250. The molecule has 6 nitrogen and oxygen atoms in total. The van der Waals surface area contributed by atoms with Crippen LogP contribution in [-0.4, -0.2) is 51.0 Å². The molecule has 4 rings (SSSR count). The molecular formula is C20H21N3O3S. The summed E-state index contributed by atoms with van der Waals surface area (Å²) < 4.78 is 33.4. The molecule has 0 radical (unpaired) electrons. The van der Waals surface area contributed by atoms with E-state index in [-0.39, 0.29) is 4.90 Å². The van der Waals surface area contributed by atoms with Crippen LogP contribution in [0.1, 0.15) is 0 Å². The van der Waals surface area contributed by atoms with Gasteiger partial charge in [0.05, 0.1) is 18.3 Å². The maximum absolute atomic E-state index is 13.2. The fourth-order valence-electron chi connectivity index (χ4n) is 3.48. The summed E-state index contributed by atoms with van der Waals surface area (Å²) in [6.07, 6.45) is 1.63. The zero-order valence-corrected chi connectivity index (χ0v) is 15.9. The van der Waals surface area contributed by atoms with Gasteiger partial charge in [-0.05, 0) is 24.3 Å². The number of hydrogen-bond acceptors (Lipinski definition) is 5. The summed E-state index contributed by atoms with van der Waals surface area (Å²) in [5, 5.41) is 0.825. The normalized spacial score (nSPS) is 15.8. The number of benzene rings is 2. The maximum atomic E-state index is 13.2. The van der Waals surface area contributed by atoms with Gasteiger partial charge >= 0.3 is 0 Å². The van der Waals surface area contributed by atoms with Crippen molar-refractivity contribution in [3.63, 3.8) is 0 Å². The van der Waals surface area contributed by atoms with Gasteiger partial charge in [0.2, 0.25) is 10.0 Å². The molecule has 1 aliphatic rings. The molecule has 0 bridgehead atoms. The van der Waals surface area contributed by atoms with Gasteiger partial charge in [-0.2, -0.15) is 4.31 Å². The molecule has 1 saturated heterocycles. The van der Waals surface area contributed by atoms with E-state index in [9.17, 15) is 8.42 Å². The lowest BCUT2D eigenvalue weighted by molar-refractivity contribution is 0.378. The highest BCUT2D eigenvalue weighted by molar-refractivity contribution is 7.89. The molecule has 1 aromatic heterocycles. The van der Waals surface area contributed by atoms with Crippen LogP contribution in [0.15, 0.2) is 65.7 Å². The van der Waals surface area contributed by atoms with Crippen LogP contribution in [0.3, 0.4) is 0 Å². The summed E-state index contributed by atoms with van der Waals surface area (Å²) in [6.45, 7) is 2.06. The maximum Gasteiger partial charge on any atom is 0.245 e. The molecule has 0 aliphatic carbocycles. The Kier molecular flexibility index (Phi) is 4.72. The Morgan fingerprint density at radius 1 is 0.926 bits per heavy atom. The Hall–Kier alpha value is -2.64. The van der Waals surface area contributed by atoms with Gasteiger partial charge in [-0.15, -0.1) is 0 Å². The third-order valence-electron chi connectivity index (χ3n) is 4.88. The molecule has 1 aliphatic heterocycles. The van der Waals surface area contributed by atoms with E-state index in [0.29, 0.717) is 31.7 Å². The zero-order chi connectivity index (χ0) is 18.9. The Morgan fingerprint density at radius 2 is 1.67 bits per heavy atom. The zero-order valence-electron chi connectivity index (χ0n) is 15.1.